The van der Waals surface area contributed by atoms with E-state index in [-0.39, 0.29) is 11.9 Å². The van der Waals surface area contributed by atoms with Gasteiger partial charge in [0.1, 0.15) is 5.69 Å². The second kappa shape index (κ2) is 7.00. The van der Waals surface area contributed by atoms with Gasteiger partial charge in [0.25, 0.3) is 5.91 Å². The van der Waals surface area contributed by atoms with E-state index in [1.54, 1.807) is 4.57 Å². The molecule has 25 heavy (non-hydrogen) atoms. The highest BCUT2D eigenvalue weighted by Gasteiger charge is 2.31. The zero-order chi connectivity index (χ0) is 18.0. The maximum Gasteiger partial charge on any atom is 0.327 e. The summed E-state index contributed by atoms with van der Waals surface area (Å²) in [6.45, 7) is 1.31. The molecule has 0 radical (unpaired) electrons. The van der Waals surface area contributed by atoms with Crippen LogP contribution in [0, 0.1) is 0 Å². The Balaban J connectivity index is 1.83. The molecule has 3 rings (SSSR count). The lowest BCUT2D eigenvalue weighted by Crippen LogP contribution is -2.37. The van der Waals surface area contributed by atoms with E-state index in [0.29, 0.717) is 25.5 Å². The number of hydrogen-bond donors (Lipinski definition) is 3. The molecule has 8 nitrogen and oxygen atoms in total. The van der Waals surface area contributed by atoms with Crippen LogP contribution in [0.3, 0.4) is 0 Å². The van der Waals surface area contributed by atoms with Gasteiger partial charge in [0.2, 0.25) is 5.95 Å². The minimum absolute atomic E-state index is 0.109. The Hall–Kier alpha value is -2.15. The van der Waals surface area contributed by atoms with Gasteiger partial charge in [-0.25, -0.2) is 4.98 Å². The molecule has 1 aromatic carbocycles. The first-order valence-electron chi connectivity index (χ1n) is 8.05. The molecule has 1 aliphatic rings. The van der Waals surface area contributed by atoms with Crippen LogP contribution in [0.25, 0.3) is 0 Å². The van der Waals surface area contributed by atoms with E-state index < -0.39 is 19.5 Å². The Morgan fingerprint density at radius 2 is 2.04 bits per heavy atom. The molecule has 0 saturated carbocycles. The molecule has 2 heterocycles. The average molecular weight is 364 g/mol. The van der Waals surface area contributed by atoms with Crippen LogP contribution in [0.15, 0.2) is 36.5 Å². The highest BCUT2D eigenvalue weighted by molar-refractivity contribution is 7.51. The maximum atomic E-state index is 11.5. The fourth-order valence-electron chi connectivity index (χ4n) is 3.12. The largest absolute Gasteiger partial charge is 0.364 e. The van der Waals surface area contributed by atoms with Gasteiger partial charge in [0, 0.05) is 25.3 Å². The topological polar surface area (TPSA) is 122 Å². The van der Waals surface area contributed by atoms with Crippen molar-refractivity contribution in [2.75, 3.05) is 24.2 Å². The highest BCUT2D eigenvalue weighted by atomic mass is 31.2. The smallest absolute Gasteiger partial charge is 0.327 e. The number of anilines is 1. The molecule has 9 heteroatoms. The normalized spacial score (nSPS) is 17.4. The zero-order valence-corrected chi connectivity index (χ0v) is 14.5. The van der Waals surface area contributed by atoms with Crippen LogP contribution in [0.5, 0.6) is 0 Å². The number of aromatic nitrogens is 2. The Morgan fingerprint density at radius 3 is 2.68 bits per heavy atom. The summed E-state index contributed by atoms with van der Waals surface area (Å²) < 4.78 is 13.1. The molecule has 1 atom stereocenters. The quantitative estimate of drug-likeness (QED) is 0.661. The molecular formula is C16H21N4O4P. The Labute approximate surface area is 145 Å². The first-order chi connectivity index (χ1) is 11.8. The molecule has 0 spiro atoms. The average Bonchev–Trinajstić information content (AvgIpc) is 3.00. The molecule has 0 fully saturated rings. The standard InChI is InChI=1S/C16H21N4O4P/c17-15(21)14-10-20-13(11-25(22,23)24)7-9-19(16(20)18-14)8-6-12-4-2-1-3-5-12/h1-5,10,13H,6-9,11H2,(H2,17,21)(H2,22,23,24)/t13-/m0/s1. The lowest BCUT2D eigenvalue weighted by atomic mass is 10.1. The maximum absolute atomic E-state index is 11.5. The molecule has 1 aromatic heterocycles. The number of imidazole rings is 1. The first-order valence-corrected chi connectivity index (χ1v) is 9.85. The Kier molecular flexibility index (Phi) is 4.94. The van der Waals surface area contributed by atoms with Crippen molar-refractivity contribution in [3.8, 4) is 0 Å². The minimum atomic E-state index is -4.17. The van der Waals surface area contributed by atoms with E-state index >= 15 is 0 Å². The highest BCUT2D eigenvalue weighted by Crippen LogP contribution is 2.42. The van der Waals surface area contributed by atoms with Crippen LogP contribution in [0.2, 0.25) is 0 Å². The van der Waals surface area contributed by atoms with Gasteiger partial charge < -0.3 is 25.0 Å². The number of nitrogens with two attached hydrogens (primary N) is 1. The lowest BCUT2D eigenvalue weighted by Gasteiger charge is -2.34. The van der Waals surface area contributed by atoms with Crippen LogP contribution in [-0.4, -0.2) is 44.5 Å². The molecule has 0 bridgehead atoms. The van der Waals surface area contributed by atoms with E-state index in [1.165, 1.54) is 11.8 Å². The van der Waals surface area contributed by atoms with Gasteiger partial charge in [-0.3, -0.25) is 9.36 Å². The van der Waals surface area contributed by atoms with Gasteiger partial charge in [-0.1, -0.05) is 30.3 Å². The zero-order valence-electron chi connectivity index (χ0n) is 13.7. The summed E-state index contributed by atoms with van der Waals surface area (Å²) in [5, 5.41) is 0. The molecule has 1 amide bonds. The molecule has 0 aliphatic carbocycles. The van der Waals surface area contributed by atoms with E-state index in [0.717, 1.165) is 6.42 Å². The molecule has 0 unspecified atom stereocenters. The van der Waals surface area contributed by atoms with Crippen molar-refractivity contribution in [2.24, 2.45) is 5.73 Å². The van der Waals surface area contributed by atoms with Gasteiger partial charge in [-0.15, -0.1) is 0 Å². The number of hydrogen-bond acceptors (Lipinski definition) is 4. The first kappa shape index (κ1) is 17.7. The summed E-state index contributed by atoms with van der Waals surface area (Å²) in [6, 6.07) is 9.61. The predicted molar refractivity (Wildman–Crippen MR) is 93.7 cm³/mol. The molecule has 4 N–H and O–H groups in total. The second-order valence-electron chi connectivity index (χ2n) is 6.21. The lowest BCUT2D eigenvalue weighted by molar-refractivity contribution is 0.0996. The monoisotopic (exact) mass is 364 g/mol. The summed E-state index contributed by atoms with van der Waals surface area (Å²) in [5.41, 5.74) is 6.62. The Bertz CT molecular complexity index is 802. The van der Waals surface area contributed by atoms with Crippen molar-refractivity contribution in [2.45, 2.75) is 18.9 Å². The predicted octanol–water partition coefficient (Wildman–Crippen LogP) is 1.15. The third kappa shape index (κ3) is 4.28. The summed E-state index contributed by atoms with van der Waals surface area (Å²) in [4.78, 5) is 36.4. The van der Waals surface area contributed by atoms with Gasteiger partial charge in [-0.2, -0.15) is 0 Å². The summed E-state index contributed by atoms with van der Waals surface area (Å²) in [5.74, 6) is -0.116. The number of carbonyl (C=O) groups excluding carboxylic acids is 1. The van der Waals surface area contributed by atoms with Gasteiger partial charge >= 0.3 is 7.60 Å². The third-order valence-electron chi connectivity index (χ3n) is 4.34. The SMILES string of the molecule is NC(=O)c1cn2c(n1)N(CCc1ccccc1)CC[C@H]2CP(=O)(O)O. The van der Waals surface area contributed by atoms with Crippen LogP contribution in [0.1, 0.15) is 28.5 Å². The fraction of sp³-hybridized carbons (Fsp3) is 0.375. The molecule has 0 saturated heterocycles. The fourth-order valence-corrected chi connectivity index (χ4v) is 4.03. The molecule has 1 aliphatic heterocycles. The van der Waals surface area contributed by atoms with Gasteiger partial charge in [0.15, 0.2) is 0 Å². The summed E-state index contributed by atoms with van der Waals surface area (Å²) >= 11 is 0. The third-order valence-corrected chi connectivity index (χ3v) is 5.23. The molecule has 2 aromatic rings. The molecular weight excluding hydrogens is 343 g/mol. The van der Waals surface area contributed by atoms with E-state index in [4.69, 9.17) is 5.73 Å². The number of rotatable bonds is 6. The van der Waals surface area contributed by atoms with E-state index in [2.05, 4.69) is 4.98 Å². The molecule has 134 valence electrons. The number of fused-ring (bicyclic) bond motifs is 1. The van der Waals surface area contributed by atoms with E-state index in [9.17, 15) is 19.1 Å². The number of nitrogens with zero attached hydrogens (tertiary/aromatic N) is 3. The second-order valence-corrected chi connectivity index (χ2v) is 7.90. The van der Waals surface area contributed by atoms with Crippen molar-refractivity contribution < 1.29 is 19.1 Å². The Morgan fingerprint density at radius 1 is 1.32 bits per heavy atom. The summed E-state index contributed by atoms with van der Waals surface area (Å²) in [6.07, 6.45) is 2.60. The van der Waals surface area contributed by atoms with Crippen molar-refractivity contribution in [1.29, 1.82) is 0 Å². The summed E-state index contributed by atoms with van der Waals surface area (Å²) in [7, 11) is -4.17. The van der Waals surface area contributed by atoms with Crippen LogP contribution in [-0.2, 0) is 11.0 Å². The van der Waals surface area contributed by atoms with Crippen molar-refractivity contribution in [1.82, 2.24) is 9.55 Å². The van der Waals surface area contributed by atoms with Crippen molar-refractivity contribution in [3.63, 3.8) is 0 Å². The van der Waals surface area contributed by atoms with Crippen molar-refractivity contribution >= 4 is 19.5 Å². The minimum Gasteiger partial charge on any atom is -0.364 e. The van der Waals surface area contributed by atoms with Crippen LogP contribution in [0.4, 0.5) is 5.95 Å². The van der Waals surface area contributed by atoms with E-state index in [1.807, 2.05) is 35.2 Å². The van der Waals surface area contributed by atoms with Gasteiger partial charge in [-0.05, 0) is 18.4 Å². The number of benzene rings is 1. The van der Waals surface area contributed by atoms with Crippen LogP contribution >= 0.6 is 7.60 Å². The van der Waals surface area contributed by atoms with Crippen molar-refractivity contribution in [3.05, 3.63) is 47.8 Å². The van der Waals surface area contributed by atoms with Gasteiger partial charge in [0.05, 0.1) is 6.16 Å². The van der Waals surface area contributed by atoms with Crippen LogP contribution < -0.4 is 10.6 Å². The number of primary amides is 1. The number of carbonyl (C=O) groups is 1. The number of amides is 1.